The molecule has 0 spiro atoms. The Bertz CT molecular complexity index is 1170. The molecule has 0 radical (unpaired) electrons. The van der Waals surface area contributed by atoms with E-state index in [1.165, 1.54) is 18.5 Å². The number of hydrogen-bond donors (Lipinski definition) is 2. The van der Waals surface area contributed by atoms with Crippen molar-refractivity contribution in [2.75, 3.05) is 56.2 Å². The number of carbonyl (C=O) groups excluding carboxylic acids is 1. The molecule has 2 aromatic rings. The Morgan fingerprint density at radius 3 is 2.59 bits per heavy atom. The maximum atomic E-state index is 12.1. The van der Waals surface area contributed by atoms with Crippen molar-refractivity contribution in [3.63, 3.8) is 0 Å². The molecule has 9 nitrogen and oxygen atoms in total. The van der Waals surface area contributed by atoms with Crippen molar-refractivity contribution in [3.8, 4) is 6.07 Å². The van der Waals surface area contributed by atoms with Crippen LogP contribution in [0.15, 0.2) is 54.8 Å². The second-order valence-electron chi connectivity index (χ2n) is 9.54. The first kappa shape index (κ1) is 24.9. The van der Waals surface area contributed by atoms with Crippen LogP contribution in [-0.2, 0) is 9.53 Å². The summed E-state index contributed by atoms with van der Waals surface area (Å²) in [6.07, 6.45) is 10.5. The summed E-state index contributed by atoms with van der Waals surface area (Å²) in [6.45, 7) is 6.01. The van der Waals surface area contributed by atoms with Gasteiger partial charge < -0.3 is 20.3 Å². The number of ether oxygens (including phenoxy) is 1. The van der Waals surface area contributed by atoms with Crippen molar-refractivity contribution in [2.24, 2.45) is 5.92 Å². The summed E-state index contributed by atoms with van der Waals surface area (Å²) >= 11 is 0. The molecule has 1 atom stereocenters. The van der Waals surface area contributed by atoms with Gasteiger partial charge in [0, 0.05) is 49.8 Å². The minimum Gasteiger partial charge on any atom is -0.379 e. The van der Waals surface area contributed by atoms with Crippen molar-refractivity contribution in [3.05, 3.63) is 60.5 Å². The number of rotatable bonds is 7. The Morgan fingerprint density at radius 1 is 1.11 bits per heavy atom. The van der Waals surface area contributed by atoms with Crippen molar-refractivity contribution < 1.29 is 9.53 Å². The topological polar surface area (TPSA) is 106 Å². The van der Waals surface area contributed by atoms with E-state index in [9.17, 15) is 4.79 Å². The van der Waals surface area contributed by atoms with Gasteiger partial charge in [0.05, 0.1) is 30.9 Å². The molecule has 3 heterocycles. The average Bonchev–Trinajstić information content (AvgIpc) is 2.97. The summed E-state index contributed by atoms with van der Waals surface area (Å²) in [6, 6.07) is 12.9. The molecule has 5 rings (SSSR count). The summed E-state index contributed by atoms with van der Waals surface area (Å²) in [5.74, 6) is 0.128. The number of carbonyl (C=O) groups is 1. The molecular weight excluding hydrogens is 466 g/mol. The molecule has 9 heteroatoms. The number of nitrogens with one attached hydrogen (secondary N) is 2. The van der Waals surface area contributed by atoms with Gasteiger partial charge in [0.1, 0.15) is 6.54 Å². The summed E-state index contributed by atoms with van der Waals surface area (Å²) in [4.78, 5) is 26.2. The lowest BCUT2D eigenvalue weighted by atomic mass is 9.94. The van der Waals surface area contributed by atoms with Gasteiger partial charge in [0.2, 0.25) is 11.9 Å². The van der Waals surface area contributed by atoms with E-state index >= 15 is 0 Å². The lowest BCUT2D eigenvalue weighted by Gasteiger charge is -2.40. The van der Waals surface area contributed by atoms with Crippen LogP contribution >= 0.6 is 0 Å². The number of aromatic nitrogens is 2. The molecule has 0 bridgehead atoms. The summed E-state index contributed by atoms with van der Waals surface area (Å²) in [5, 5.41) is 14.6. The standard InChI is InChI=1S/C28H33N7O2/c29-12-14-30-27(36)22-3-1-21(2-4-22)26-9-13-31-28(33-26)32-23-5-7-24(8-6-23)34-15-10-25(11-16-34)35-17-19-37-20-18-35/h1-3,5-9,13,22,25H,4,10-11,14-20H2,(H,30,36)(H,31,32,33). The lowest BCUT2D eigenvalue weighted by molar-refractivity contribution is -0.123. The van der Waals surface area contributed by atoms with Gasteiger partial charge >= 0.3 is 0 Å². The maximum absolute atomic E-state index is 12.1. The van der Waals surface area contributed by atoms with Gasteiger partial charge in [-0.15, -0.1) is 0 Å². The Morgan fingerprint density at radius 2 is 1.89 bits per heavy atom. The Hall–Kier alpha value is -3.74. The van der Waals surface area contributed by atoms with Crippen molar-refractivity contribution in [1.82, 2.24) is 20.2 Å². The van der Waals surface area contributed by atoms with Gasteiger partial charge in [0.25, 0.3) is 0 Å². The quantitative estimate of drug-likeness (QED) is 0.560. The second-order valence-corrected chi connectivity index (χ2v) is 9.54. The molecule has 1 unspecified atom stereocenters. The first-order valence-electron chi connectivity index (χ1n) is 13.0. The van der Waals surface area contributed by atoms with Crippen LogP contribution in [0.5, 0.6) is 0 Å². The summed E-state index contributed by atoms with van der Waals surface area (Å²) in [5.41, 5.74) is 3.92. The smallest absolute Gasteiger partial charge is 0.228 e. The maximum Gasteiger partial charge on any atom is 0.228 e. The van der Waals surface area contributed by atoms with E-state index in [0.29, 0.717) is 18.4 Å². The molecule has 2 N–H and O–H groups in total. The minimum atomic E-state index is -0.264. The predicted molar refractivity (Wildman–Crippen MR) is 143 cm³/mol. The summed E-state index contributed by atoms with van der Waals surface area (Å²) < 4.78 is 5.50. The fourth-order valence-corrected chi connectivity index (χ4v) is 5.16. The highest BCUT2D eigenvalue weighted by molar-refractivity contribution is 5.84. The van der Waals surface area contributed by atoms with E-state index in [2.05, 4.69) is 54.7 Å². The fourth-order valence-electron chi connectivity index (χ4n) is 5.16. The van der Waals surface area contributed by atoms with Crippen molar-refractivity contribution in [1.29, 1.82) is 5.26 Å². The highest BCUT2D eigenvalue weighted by Crippen LogP contribution is 2.27. The third-order valence-electron chi connectivity index (χ3n) is 7.24. The van der Waals surface area contributed by atoms with E-state index in [1.54, 1.807) is 6.20 Å². The molecule has 192 valence electrons. The SMILES string of the molecule is N#CCNC(=O)C1C=CC(c2ccnc(Nc3ccc(N4CCC(N5CCOCC5)CC4)cc3)n2)=CC1. The van der Waals surface area contributed by atoms with Gasteiger partial charge in [-0.25, -0.2) is 9.97 Å². The van der Waals surface area contributed by atoms with Gasteiger partial charge in [-0.2, -0.15) is 5.26 Å². The van der Waals surface area contributed by atoms with Crippen LogP contribution in [0, 0.1) is 17.2 Å². The van der Waals surface area contributed by atoms with E-state index < -0.39 is 0 Å². The van der Waals surface area contributed by atoms with Gasteiger partial charge in [-0.1, -0.05) is 18.2 Å². The van der Waals surface area contributed by atoms with E-state index in [4.69, 9.17) is 10.00 Å². The Kier molecular flexibility index (Phi) is 8.08. The first-order valence-corrected chi connectivity index (χ1v) is 13.0. The monoisotopic (exact) mass is 499 g/mol. The van der Waals surface area contributed by atoms with E-state index in [1.807, 2.05) is 30.4 Å². The van der Waals surface area contributed by atoms with Crippen molar-refractivity contribution in [2.45, 2.75) is 25.3 Å². The van der Waals surface area contributed by atoms with Crippen LogP contribution in [0.2, 0.25) is 0 Å². The van der Waals surface area contributed by atoms with Crippen LogP contribution < -0.4 is 15.5 Å². The number of amides is 1. The first-order chi connectivity index (χ1) is 18.2. The van der Waals surface area contributed by atoms with Crippen LogP contribution in [0.3, 0.4) is 0 Å². The molecule has 37 heavy (non-hydrogen) atoms. The molecule has 2 fully saturated rings. The molecule has 3 aliphatic rings. The highest BCUT2D eigenvalue weighted by atomic mass is 16.5. The van der Waals surface area contributed by atoms with E-state index in [0.717, 1.165) is 56.3 Å². The molecule has 1 aromatic heterocycles. The molecule has 1 amide bonds. The predicted octanol–water partition coefficient (Wildman–Crippen LogP) is 3.12. The lowest BCUT2D eigenvalue weighted by Crippen LogP contribution is -2.49. The normalized spacial score (nSPS) is 20.7. The fraction of sp³-hybridized carbons (Fsp3) is 0.429. The molecule has 2 aliphatic heterocycles. The zero-order valence-corrected chi connectivity index (χ0v) is 21.0. The summed E-state index contributed by atoms with van der Waals surface area (Å²) in [7, 11) is 0. The minimum absolute atomic E-state index is 0.0229. The number of piperidine rings is 1. The Balaban J connectivity index is 1.15. The van der Waals surface area contributed by atoms with Crippen molar-refractivity contribution >= 4 is 28.8 Å². The van der Waals surface area contributed by atoms with Gasteiger partial charge in [-0.05, 0) is 55.2 Å². The van der Waals surface area contributed by atoms with E-state index in [-0.39, 0.29) is 18.4 Å². The number of nitriles is 1. The zero-order valence-electron chi connectivity index (χ0n) is 21.0. The number of morpholine rings is 1. The third-order valence-corrected chi connectivity index (χ3v) is 7.24. The molecule has 1 aromatic carbocycles. The van der Waals surface area contributed by atoms with Gasteiger partial charge in [-0.3, -0.25) is 9.69 Å². The average molecular weight is 500 g/mol. The number of allylic oxidation sites excluding steroid dienone is 3. The molecule has 2 saturated heterocycles. The largest absolute Gasteiger partial charge is 0.379 e. The van der Waals surface area contributed by atoms with Gasteiger partial charge in [0.15, 0.2) is 0 Å². The number of benzene rings is 1. The highest BCUT2D eigenvalue weighted by Gasteiger charge is 2.26. The third kappa shape index (κ3) is 6.34. The number of hydrogen-bond acceptors (Lipinski definition) is 8. The zero-order chi connectivity index (χ0) is 25.5. The molecule has 0 saturated carbocycles. The van der Waals surface area contributed by atoms with Crippen LogP contribution in [0.4, 0.5) is 17.3 Å². The van der Waals surface area contributed by atoms with Crippen LogP contribution in [0.1, 0.15) is 25.0 Å². The molecular formula is C28H33N7O2. The Labute approximate surface area is 217 Å². The molecule has 1 aliphatic carbocycles. The van der Waals surface area contributed by atoms with Crippen LogP contribution in [-0.4, -0.2) is 72.8 Å². The number of nitrogens with zero attached hydrogens (tertiary/aromatic N) is 5. The second kappa shape index (κ2) is 12.0. The van der Waals surface area contributed by atoms with Crippen LogP contribution in [0.25, 0.3) is 5.57 Å². The number of anilines is 3.